The number of rotatable bonds is 2. The van der Waals surface area contributed by atoms with Gasteiger partial charge in [-0.2, -0.15) is 13.2 Å². The molecule has 1 aliphatic carbocycles. The number of amides is 1. The van der Waals surface area contributed by atoms with E-state index in [4.69, 9.17) is 0 Å². The van der Waals surface area contributed by atoms with Crippen molar-refractivity contribution in [1.82, 2.24) is 4.90 Å². The van der Waals surface area contributed by atoms with Gasteiger partial charge in [-0.25, -0.2) is 0 Å². The number of alkyl halides is 3. The quantitative estimate of drug-likeness (QED) is 0.912. The van der Waals surface area contributed by atoms with E-state index in [1.165, 1.54) is 17.0 Å². The maximum atomic E-state index is 12.7. The van der Waals surface area contributed by atoms with Crippen molar-refractivity contribution in [2.24, 2.45) is 11.8 Å². The van der Waals surface area contributed by atoms with Crippen LogP contribution >= 0.6 is 0 Å². The van der Waals surface area contributed by atoms with Gasteiger partial charge < -0.3 is 10.0 Å². The Morgan fingerprint density at radius 3 is 2.64 bits per heavy atom. The lowest BCUT2D eigenvalue weighted by atomic mass is 9.88. The van der Waals surface area contributed by atoms with E-state index in [-0.39, 0.29) is 23.9 Å². The van der Waals surface area contributed by atoms with Crippen LogP contribution < -0.4 is 0 Å². The highest BCUT2D eigenvalue weighted by Gasteiger charge is 2.53. The first kappa shape index (κ1) is 15.3. The summed E-state index contributed by atoms with van der Waals surface area (Å²) in [5, 5.41) is 10.7. The van der Waals surface area contributed by atoms with Gasteiger partial charge >= 0.3 is 6.18 Å². The molecule has 0 unspecified atom stereocenters. The van der Waals surface area contributed by atoms with Crippen LogP contribution in [0.2, 0.25) is 0 Å². The lowest BCUT2D eigenvalue weighted by molar-refractivity contribution is -0.137. The van der Waals surface area contributed by atoms with Gasteiger partial charge in [0.2, 0.25) is 0 Å². The van der Waals surface area contributed by atoms with Crippen LogP contribution in [-0.2, 0) is 6.18 Å². The zero-order valence-electron chi connectivity index (χ0n) is 12.2. The molecule has 22 heavy (non-hydrogen) atoms. The van der Waals surface area contributed by atoms with Crippen LogP contribution in [0.3, 0.4) is 0 Å². The van der Waals surface area contributed by atoms with Crippen molar-refractivity contribution >= 4 is 5.91 Å². The first-order valence-corrected chi connectivity index (χ1v) is 7.41. The molecule has 3 rings (SSSR count). The molecule has 0 radical (unpaired) electrons. The van der Waals surface area contributed by atoms with Gasteiger partial charge in [0.05, 0.1) is 17.7 Å². The van der Waals surface area contributed by atoms with Crippen molar-refractivity contribution in [3.8, 4) is 0 Å². The minimum Gasteiger partial charge on any atom is -0.387 e. The summed E-state index contributed by atoms with van der Waals surface area (Å²) in [6.45, 7) is 2.47. The van der Waals surface area contributed by atoms with Gasteiger partial charge in [-0.15, -0.1) is 0 Å². The Hall–Kier alpha value is -1.56. The van der Waals surface area contributed by atoms with E-state index in [1.54, 1.807) is 0 Å². The number of likely N-dealkylation sites (tertiary alicyclic amines) is 1. The van der Waals surface area contributed by atoms with Crippen LogP contribution in [0.25, 0.3) is 0 Å². The average molecular weight is 313 g/mol. The van der Waals surface area contributed by atoms with Crippen molar-refractivity contribution in [3.05, 3.63) is 35.4 Å². The number of hydrogen-bond donors (Lipinski definition) is 1. The van der Waals surface area contributed by atoms with Gasteiger partial charge in [-0.05, 0) is 37.0 Å². The van der Waals surface area contributed by atoms with Gasteiger partial charge in [-0.3, -0.25) is 4.79 Å². The first-order valence-electron chi connectivity index (χ1n) is 7.41. The highest BCUT2D eigenvalue weighted by Crippen LogP contribution is 2.47. The number of hydrogen-bond acceptors (Lipinski definition) is 2. The molecule has 0 spiro atoms. The SMILES string of the molecule is C[C@@H]1CN(C(=O)c2cccc(C(F)(F)F)c2)C[C@@]1(O)C1CC1. The molecule has 1 N–H and O–H groups in total. The molecule has 1 aromatic rings. The number of carbonyl (C=O) groups is 1. The fourth-order valence-corrected chi connectivity index (χ4v) is 3.30. The fourth-order valence-electron chi connectivity index (χ4n) is 3.30. The third-order valence-corrected chi connectivity index (χ3v) is 4.80. The third kappa shape index (κ3) is 2.60. The van der Waals surface area contributed by atoms with Gasteiger partial charge in [0, 0.05) is 18.0 Å². The molecule has 2 atom stereocenters. The summed E-state index contributed by atoms with van der Waals surface area (Å²) in [4.78, 5) is 13.9. The largest absolute Gasteiger partial charge is 0.416 e. The van der Waals surface area contributed by atoms with Crippen LogP contribution in [0.4, 0.5) is 13.2 Å². The maximum Gasteiger partial charge on any atom is 0.416 e. The van der Waals surface area contributed by atoms with Crippen molar-refractivity contribution < 1.29 is 23.1 Å². The Morgan fingerprint density at radius 2 is 2.05 bits per heavy atom. The second-order valence-electron chi connectivity index (χ2n) is 6.43. The lowest BCUT2D eigenvalue weighted by Gasteiger charge is -2.26. The van der Waals surface area contributed by atoms with E-state index < -0.39 is 23.2 Å². The Kier molecular flexibility index (Phi) is 3.47. The summed E-state index contributed by atoms with van der Waals surface area (Å²) in [5.41, 5.74) is -1.71. The smallest absolute Gasteiger partial charge is 0.387 e. The van der Waals surface area contributed by atoms with Gasteiger partial charge in [0.1, 0.15) is 0 Å². The molecule has 1 saturated carbocycles. The van der Waals surface area contributed by atoms with E-state index in [9.17, 15) is 23.1 Å². The molecule has 1 aromatic carbocycles. The molecule has 2 fully saturated rings. The molecule has 0 bridgehead atoms. The molecule has 6 heteroatoms. The average Bonchev–Trinajstić information content (AvgIpc) is 3.26. The summed E-state index contributed by atoms with van der Waals surface area (Å²) >= 11 is 0. The zero-order chi connectivity index (χ0) is 16.1. The van der Waals surface area contributed by atoms with E-state index in [0.29, 0.717) is 6.54 Å². The van der Waals surface area contributed by atoms with Gasteiger partial charge in [0.15, 0.2) is 0 Å². The second-order valence-corrected chi connectivity index (χ2v) is 6.43. The molecule has 1 aliphatic heterocycles. The molecule has 2 aliphatic rings. The Labute approximate surface area is 126 Å². The molecule has 1 heterocycles. The number of nitrogens with zero attached hydrogens (tertiary/aromatic N) is 1. The van der Waals surface area contributed by atoms with Gasteiger partial charge in [0.25, 0.3) is 5.91 Å². The molecule has 120 valence electrons. The van der Waals surface area contributed by atoms with Crippen molar-refractivity contribution in [3.63, 3.8) is 0 Å². The fraction of sp³-hybridized carbons (Fsp3) is 0.562. The number of benzene rings is 1. The van der Waals surface area contributed by atoms with Crippen LogP contribution in [0.5, 0.6) is 0 Å². The minimum atomic E-state index is -4.47. The van der Waals surface area contributed by atoms with Crippen LogP contribution in [0.1, 0.15) is 35.7 Å². The highest BCUT2D eigenvalue weighted by atomic mass is 19.4. The second kappa shape index (κ2) is 4.98. The Bertz CT molecular complexity index is 597. The molecule has 0 aromatic heterocycles. The summed E-state index contributed by atoms with van der Waals surface area (Å²) in [5.74, 6) is -0.300. The number of carbonyl (C=O) groups excluding carboxylic acids is 1. The monoisotopic (exact) mass is 313 g/mol. The zero-order valence-corrected chi connectivity index (χ0v) is 12.2. The number of halogens is 3. The predicted octanol–water partition coefficient (Wildman–Crippen LogP) is 2.94. The van der Waals surface area contributed by atoms with Crippen LogP contribution in [0.15, 0.2) is 24.3 Å². The number of β-amino-alcohol motifs (C(OH)–C–C–N with tert-alkyl or cyclic N) is 1. The molecular formula is C16H18F3NO2. The van der Waals surface area contributed by atoms with Crippen molar-refractivity contribution in [1.29, 1.82) is 0 Å². The summed E-state index contributed by atoms with van der Waals surface area (Å²) in [7, 11) is 0. The van der Waals surface area contributed by atoms with E-state index in [1.807, 2.05) is 6.92 Å². The van der Waals surface area contributed by atoms with Crippen molar-refractivity contribution in [2.45, 2.75) is 31.5 Å². The van der Waals surface area contributed by atoms with Crippen LogP contribution in [-0.4, -0.2) is 34.6 Å². The van der Waals surface area contributed by atoms with Gasteiger partial charge in [-0.1, -0.05) is 13.0 Å². The summed E-state index contributed by atoms with van der Waals surface area (Å²) in [6, 6.07) is 4.45. The van der Waals surface area contributed by atoms with Crippen molar-refractivity contribution in [2.75, 3.05) is 13.1 Å². The third-order valence-electron chi connectivity index (χ3n) is 4.80. The maximum absolute atomic E-state index is 12.7. The topological polar surface area (TPSA) is 40.5 Å². The van der Waals surface area contributed by atoms with E-state index >= 15 is 0 Å². The highest BCUT2D eigenvalue weighted by molar-refractivity contribution is 5.94. The standard InChI is InChI=1S/C16H18F3NO2/c1-10-8-20(9-15(10,22)12-5-6-12)14(21)11-3-2-4-13(7-11)16(17,18)19/h2-4,7,10,12,22H,5-6,8-9H2,1H3/t10-,15+/m1/s1. The first-order chi connectivity index (χ1) is 10.2. The molecule has 3 nitrogen and oxygen atoms in total. The minimum absolute atomic E-state index is 0.0158. The Balaban J connectivity index is 1.80. The normalized spacial score (nSPS) is 29.0. The number of aliphatic hydroxyl groups is 1. The lowest BCUT2D eigenvalue weighted by Crippen LogP contribution is -2.40. The summed E-state index contributed by atoms with van der Waals surface area (Å²) < 4.78 is 38.2. The predicted molar refractivity (Wildman–Crippen MR) is 74.2 cm³/mol. The molecule has 1 saturated heterocycles. The van der Waals surface area contributed by atoms with E-state index in [2.05, 4.69) is 0 Å². The molecular weight excluding hydrogens is 295 g/mol. The Morgan fingerprint density at radius 1 is 1.36 bits per heavy atom. The summed E-state index contributed by atoms with van der Waals surface area (Å²) in [6.07, 6.45) is -2.57. The van der Waals surface area contributed by atoms with Crippen LogP contribution in [0, 0.1) is 11.8 Å². The van der Waals surface area contributed by atoms with E-state index in [0.717, 1.165) is 25.0 Å². The molecule has 1 amide bonds.